The van der Waals surface area contributed by atoms with Gasteiger partial charge in [0.1, 0.15) is 5.82 Å². The number of nitrogen functional groups attached to an aromatic ring is 1. The van der Waals surface area contributed by atoms with Gasteiger partial charge in [0.15, 0.2) is 5.69 Å². The van der Waals surface area contributed by atoms with E-state index in [-0.39, 0.29) is 5.69 Å². The van der Waals surface area contributed by atoms with Gasteiger partial charge in [-0.15, -0.1) is 0 Å². The molecule has 18 heavy (non-hydrogen) atoms. The molecule has 2 rings (SSSR count). The number of esters is 1. The molecule has 0 atom stereocenters. The summed E-state index contributed by atoms with van der Waals surface area (Å²) in [6.45, 7) is 1.53. The molecule has 7 heteroatoms. The first kappa shape index (κ1) is 12.2. The molecule has 2 N–H and O–H groups in total. The van der Waals surface area contributed by atoms with Gasteiger partial charge in [0, 0.05) is 25.5 Å². The third kappa shape index (κ3) is 2.50. The van der Waals surface area contributed by atoms with Gasteiger partial charge in [-0.25, -0.2) is 14.8 Å². The maximum absolute atomic E-state index is 11.3. The number of ether oxygens (including phenoxy) is 1. The lowest BCUT2D eigenvalue weighted by Crippen LogP contribution is -2.09. The van der Waals surface area contributed by atoms with Crippen LogP contribution in [0.25, 0.3) is 0 Å². The topological polar surface area (TPSA) is 88.0 Å². The van der Waals surface area contributed by atoms with Gasteiger partial charge in [0.25, 0.3) is 0 Å². The summed E-state index contributed by atoms with van der Waals surface area (Å²) in [5, 5.41) is 0. The van der Waals surface area contributed by atoms with Crippen LogP contribution in [0.15, 0.2) is 25.0 Å². The number of carbonyl (C=O) groups excluding carboxylic acids is 1. The Morgan fingerprint density at radius 2 is 2.28 bits per heavy atom. The van der Waals surface area contributed by atoms with Crippen molar-refractivity contribution in [3.05, 3.63) is 30.7 Å². The molecule has 0 unspecified atom stereocenters. The highest BCUT2D eigenvalue weighted by Crippen LogP contribution is 2.11. The van der Waals surface area contributed by atoms with Crippen LogP contribution in [0, 0.1) is 0 Å². The smallest absolute Gasteiger partial charge is 0.360 e. The molecule has 0 aliphatic heterocycles. The molecule has 0 saturated heterocycles. The number of hydrogen-bond donors (Lipinski definition) is 1. The molecule has 0 saturated carbocycles. The van der Waals surface area contributed by atoms with Crippen molar-refractivity contribution < 1.29 is 9.53 Å². The summed E-state index contributed by atoms with van der Waals surface area (Å²) >= 11 is 0. The number of methoxy groups -OCH3 is 1. The van der Waals surface area contributed by atoms with Gasteiger partial charge in [-0.05, 0) is 6.42 Å². The predicted octanol–water partition coefficient (Wildman–Crippen LogP) is 0.539. The summed E-state index contributed by atoms with van der Waals surface area (Å²) in [5.74, 6) is -0.173. The predicted molar refractivity (Wildman–Crippen MR) is 64.8 cm³/mol. The van der Waals surface area contributed by atoms with Crippen molar-refractivity contribution in [1.82, 2.24) is 19.1 Å². The first-order valence-corrected chi connectivity index (χ1v) is 5.57. The Hall–Kier alpha value is -2.31. The lowest BCUT2D eigenvalue weighted by Gasteiger charge is -2.05. The van der Waals surface area contributed by atoms with E-state index < -0.39 is 5.97 Å². The lowest BCUT2D eigenvalue weighted by atomic mass is 10.4. The number of imidazole rings is 2. The molecule has 0 aliphatic rings. The van der Waals surface area contributed by atoms with E-state index in [1.54, 1.807) is 23.4 Å². The summed E-state index contributed by atoms with van der Waals surface area (Å²) < 4.78 is 8.31. The van der Waals surface area contributed by atoms with Crippen LogP contribution in [0.2, 0.25) is 0 Å². The summed E-state index contributed by atoms with van der Waals surface area (Å²) in [4.78, 5) is 19.2. The van der Waals surface area contributed by atoms with Gasteiger partial charge in [-0.3, -0.25) is 0 Å². The van der Waals surface area contributed by atoms with Crippen molar-refractivity contribution >= 4 is 11.8 Å². The van der Waals surface area contributed by atoms with Gasteiger partial charge >= 0.3 is 5.97 Å². The van der Waals surface area contributed by atoms with Crippen LogP contribution in [-0.2, 0) is 17.8 Å². The summed E-state index contributed by atoms with van der Waals surface area (Å²) in [6.07, 6.45) is 7.82. The Labute approximate surface area is 104 Å². The number of aryl methyl sites for hydroxylation is 2. The van der Waals surface area contributed by atoms with Gasteiger partial charge in [0.05, 0.1) is 19.8 Å². The Bertz CT molecular complexity index is 518. The van der Waals surface area contributed by atoms with Crippen molar-refractivity contribution in [2.75, 3.05) is 12.8 Å². The molecule has 0 aromatic carbocycles. The van der Waals surface area contributed by atoms with E-state index in [0.717, 1.165) is 13.0 Å². The van der Waals surface area contributed by atoms with Gasteiger partial charge < -0.3 is 19.6 Å². The van der Waals surface area contributed by atoms with Crippen molar-refractivity contribution in [3.8, 4) is 0 Å². The van der Waals surface area contributed by atoms with Crippen LogP contribution in [0.5, 0.6) is 0 Å². The fourth-order valence-electron chi connectivity index (χ4n) is 1.67. The van der Waals surface area contributed by atoms with Crippen molar-refractivity contribution in [3.63, 3.8) is 0 Å². The SMILES string of the molecule is COC(=O)c1ncn(CCCn2ccnc2)c1N. The Balaban J connectivity index is 1.94. The second-order valence-corrected chi connectivity index (χ2v) is 3.82. The standard InChI is InChI=1S/C11H15N5O2/c1-18-11(17)9-10(12)16(8-14-9)5-2-4-15-6-3-13-7-15/h3,6-8H,2,4-5,12H2,1H3. The highest BCUT2D eigenvalue weighted by atomic mass is 16.5. The fraction of sp³-hybridized carbons (Fsp3) is 0.364. The third-order valence-electron chi connectivity index (χ3n) is 2.63. The van der Waals surface area contributed by atoms with Crippen LogP contribution >= 0.6 is 0 Å². The van der Waals surface area contributed by atoms with Crippen LogP contribution in [-0.4, -0.2) is 32.2 Å². The average molecular weight is 249 g/mol. The molecule has 7 nitrogen and oxygen atoms in total. The molecule has 2 aromatic heterocycles. The quantitative estimate of drug-likeness (QED) is 0.781. The number of nitrogens with two attached hydrogens (primary N) is 1. The largest absolute Gasteiger partial charge is 0.464 e. The second-order valence-electron chi connectivity index (χ2n) is 3.82. The average Bonchev–Trinajstić information content (AvgIpc) is 3.00. The maximum Gasteiger partial charge on any atom is 0.360 e. The number of nitrogens with zero attached hydrogens (tertiary/aromatic N) is 4. The van der Waals surface area contributed by atoms with E-state index in [1.165, 1.54) is 7.11 Å². The summed E-state index contributed by atoms with van der Waals surface area (Å²) in [5.41, 5.74) is 5.99. The van der Waals surface area contributed by atoms with Crippen molar-refractivity contribution in [1.29, 1.82) is 0 Å². The zero-order valence-electron chi connectivity index (χ0n) is 10.1. The second kappa shape index (κ2) is 5.35. The molecular weight excluding hydrogens is 234 g/mol. The minimum Gasteiger partial charge on any atom is -0.464 e. The molecule has 0 fully saturated rings. The van der Waals surface area contributed by atoms with Crippen molar-refractivity contribution in [2.45, 2.75) is 19.5 Å². The summed E-state index contributed by atoms with van der Waals surface area (Å²) in [7, 11) is 1.31. The van der Waals surface area contributed by atoms with E-state index in [1.807, 2.05) is 10.8 Å². The van der Waals surface area contributed by atoms with Crippen LogP contribution in [0.3, 0.4) is 0 Å². The Kier molecular flexibility index (Phi) is 3.61. The van der Waals surface area contributed by atoms with E-state index in [0.29, 0.717) is 12.4 Å². The Morgan fingerprint density at radius 1 is 1.44 bits per heavy atom. The number of aromatic nitrogens is 4. The molecule has 0 spiro atoms. The minimum absolute atomic E-state index is 0.167. The highest BCUT2D eigenvalue weighted by molar-refractivity contribution is 5.91. The van der Waals surface area contributed by atoms with E-state index in [9.17, 15) is 4.79 Å². The first-order chi connectivity index (χ1) is 8.72. The minimum atomic E-state index is -0.513. The molecular formula is C11H15N5O2. The van der Waals surface area contributed by atoms with Gasteiger partial charge in [-0.1, -0.05) is 0 Å². The molecule has 0 bridgehead atoms. The van der Waals surface area contributed by atoms with E-state index >= 15 is 0 Å². The number of rotatable bonds is 5. The number of hydrogen-bond acceptors (Lipinski definition) is 5. The molecule has 0 radical (unpaired) electrons. The zero-order chi connectivity index (χ0) is 13.0. The number of anilines is 1. The monoisotopic (exact) mass is 249 g/mol. The van der Waals surface area contributed by atoms with Gasteiger partial charge in [-0.2, -0.15) is 0 Å². The van der Waals surface area contributed by atoms with E-state index in [2.05, 4.69) is 14.7 Å². The van der Waals surface area contributed by atoms with E-state index in [4.69, 9.17) is 5.73 Å². The maximum atomic E-state index is 11.3. The number of carbonyl (C=O) groups is 1. The molecule has 96 valence electrons. The van der Waals surface area contributed by atoms with Crippen LogP contribution in [0.4, 0.5) is 5.82 Å². The molecule has 2 aromatic rings. The Morgan fingerprint density at radius 3 is 2.94 bits per heavy atom. The molecule has 0 aliphatic carbocycles. The highest BCUT2D eigenvalue weighted by Gasteiger charge is 2.15. The first-order valence-electron chi connectivity index (χ1n) is 5.57. The van der Waals surface area contributed by atoms with Crippen molar-refractivity contribution in [2.24, 2.45) is 0 Å². The zero-order valence-corrected chi connectivity index (χ0v) is 10.1. The third-order valence-corrected chi connectivity index (χ3v) is 2.63. The fourth-order valence-corrected chi connectivity index (χ4v) is 1.67. The van der Waals surface area contributed by atoms with Gasteiger partial charge in [0.2, 0.25) is 0 Å². The van der Waals surface area contributed by atoms with Crippen LogP contribution in [0.1, 0.15) is 16.9 Å². The lowest BCUT2D eigenvalue weighted by molar-refractivity contribution is 0.0596. The normalized spacial score (nSPS) is 10.5. The van der Waals surface area contributed by atoms with Crippen LogP contribution < -0.4 is 5.73 Å². The summed E-state index contributed by atoms with van der Waals surface area (Å²) in [6, 6.07) is 0. The molecule has 2 heterocycles. The molecule has 0 amide bonds.